The van der Waals surface area contributed by atoms with Crippen molar-refractivity contribution in [2.24, 2.45) is 16.7 Å². The van der Waals surface area contributed by atoms with Crippen molar-refractivity contribution in [3.8, 4) is 0 Å². The lowest BCUT2D eigenvalue weighted by Crippen LogP contribution is -2.31. The van der Waals surface area contributed by atoms with Crippen LogP contribution < -0.4 is 16.4 Å². The van der Waals surface area contributed by atoms with E-state index in [0.29, 0.717) is 23.8 Å². The fraction of sp³-hybridized carbons (Fsp3) is 0.533. The van der Waals surface area contributed by atoms with Gasteiger partial charge in [-0.15, -0.1) is 0 Å². The van der Waals surface area contributed by atoms with Crippen molar-refractivity contribution in [1.82, 2.24) is 5.32 Å². The fourth-order valence-electron chi connectivity index (χ4n) is 2.83. The third-order valence-electron chi connectivity index (χ3n) is 4.93. The lowest BCUT2D eigenvalue weighted by molar-refractivity contribution is 0.251. The minimum Gasteiger partial charge on any atom is -0.399 e. The van der Waals surface area contributed by atoms with Crippen LogP contribution in [-0.2, 0) is 0 Å². The standard InChI is InChI=1S/C15H23N3O/c1-14(2)12(15(14,3)4)9-17-13(19)18-11-7-5-6-10(16)8-11/h5-8,12H,9,16H2,1-4H3,(H2,17,18,19). The molecule has 0 saturated heterocycles. The number of hydrogen-bond donors (Lipinski definition) is 3. The van der Waals surface area contributed by atoms with Crippen molar-refractivity contribution in [3.05, 3.63) is 24.3 Å². The highest BCUT2D eigenvalue weighted by molar-refractivity contribution is 5.89. The molecule has 0 bridgehead atoms. The number of benzene rings is 1. The van der Waals surface area contributed by atoms with E-state index in [1.807, 2.05) is 12.1 Å². The van der Waals surface area contributed by atoms with Crippen LogP contribution in [0.25, 0.3) is 0 Å². The van der Waals surface area contributed by atoms with Crippen LogP contribution in [0.1, 0.15) is 27.7 Å². The van der Waals surface area contributed by atoms with E-state index in [0.717, 1.165) is 0 Å². The molecular weight excluding hydrogens is 238 g/mol. The average molecular weight is 261 g/mol. The molecule has 2 amide bonds. The number of nitrogens with one attached hydrogen (secondary N) is 2. The number of urea groups is 1. The summed E-state index contributed by atoms with van der Waals surface area (Å²) >= 11 is 0. The molecule has 2 rings (SSSR count). The minimum atomic E-state index is -0.177. The van der Waals surface area contributed by atoms with Gasteiger partial charge in [0, 0.05) is 17.9 Å². The number of carbonyl (C=O) groups excluding carboxylic acids is 1. The largest absolute Gasteiger partial charge is 0.399 e. The topological polar surface area (TPSA) is 67.2 Å². The first-order chi connectivity index (χ1) is 8.75. The summed E-state index contributed by atoms with van der Waals surface area (Å²) in [4.78, 5) is 11.8. The van der Waals surface area contributed by atoms with Crippen LogP contribution >= 0.6 is 0 Å². The Balaban J connectivity index is 1.84. The van der Waals surface area contributed by atoms with Crippen LogP contribution in [0.5, 0.6) is 0 Å². The zero-order valence-corrected chi connectivity index (χ0v) is 12.1. The quantitative estimate of drug-likeness (QED) is 0.732. The third-order valence-corrected chi connectivity index (χ3v) is 4.93. The first kappa shape index (κ1) is 13.7. The summed E-state index contributed by atoms with van der Waals surface area (Å²) in [5.41, 5.74) is 7.60. The molecule has 1 fully saturated rings. The molecule has 1 saturated carbocycles. The van der Waals surface area contributed by atoms with E-state index in [1.54, 1.807) is 12.1 Å². The van der Waals surface area contributed by atoms with Gasteiger partial charge in [-0.3, -0.25) is 0 Å². The zero-order chi connectivity index (χ0) is 14.3. The highest BCUT2D eigenvalue weighted by atomic mass is 16.2. The molecule has 0 aromatic heterocycles. The lowest BCUT2D eigenvalue weighted by Gasteiger charge is -2.09. The van der Waals surface area contributed by atoms with Gasteiger partial charge in [-0.1, -0.05) is 33.8 Å². The number of rotatable bonds is 3. The first-order valence-electron chi connectivity index (χ1n) is 6.65. The van der Waals surface area contributed by atoms with Crippen LogP contribution in [0.2, 0.25) is 0 Å². The summed E-state index contributed by atoms with van der Waals surface area (Å²) in [6.45, 7) is 9.68. The second kappa shape index (κ2) is 4.44. The summed E-state index contributed by atoms with van der Waals surface area (Å²) in [7, 11) is 0. The highest BCUT2D eigenvalue weighted by Crippen LogP contribution is 2.67. The van der Waals surface area contributed by atoms with Crippen LogP contribution in [0.4, 0.5) is 16.2 Å². The van der Waals surface area contributed by atoms with Crippen LogP contribution in [-0.4, -0.2) is 12.6 Å². The van der Waals surface area contributed by atoms with E-state index in [4.69, 9.17) is 5.73 Å². The van der Waals surface area contributed by atoms with E-state index in [1.165, 1.54) is 0 Å². The second-order valence-corrected chi connectivity index (χ2v) is 6.46. The molecule has 1 aliphatic carbocycles. The van der Waals surface area contributed by atoms with Crippen molar-refractivity contribution < 1.29 is 4.79 Å². The Labute approximate surface area is 114 Å². The van der Waals surface area contributed by atoms with Gasteiger partial charge in [0.25, 0.3) is 0 Å². The van der Waals surface area contributed by atoms with Crippen molar-refractivity contribution >= 4 is 17.4 Å². The van der Waals surface area contributed by atoms with E-state index < -0.39 is 0 Å². The molecule has 0 radical (unpaired) electrons. The zero-order valence-electron chi connectivity index (χ0n) is 12.1. The molecule has 1 aliphatic rings. The van der Waals surface area contributed by atoms with Gasteiger partial charge in [0.15, 0.2) is 0 Å². The predicted molar refractivity (Wildman–Crippen MR) is 78.9 cm³/mol. The van der Waals surface area contributed by atoms with Crippen molar-refractivity contribution in [3.63, 3.8) is 0 Å². The highest BCUT2D eigenvalue weighted by Gasteiger charge is 2.64. The Kier molecular flexibility index (Phi) is 3.20. The van der Waals surface area contributed by atoms with Crippen molar-refractivity contribution in [2.45, 2.75) is 27.7 Å². The monoisotopic (exact) mass is 261 g/mol. The Morgan fingerprint density at radius 2 is 1.89 bits per heavy atom. The number of carbonyl (C=O) groups is 1. The lowest BCUT2D eigenvalue weighted by atomic mass is 10.0. The van der Waals surface area contributed by atoms with E-state index >= 15 is 0 Å². The van der Waals surface area contributed by atoms with Gasteiger partial charge in [0.05, 0.1) is 0 Å². The van der Waals surface area contributed by atoms with E-state index in [2.05, 4.69) is 38.3 Å². The van der Waals surface area contributed by atoms with E-state index in [9.17, 15) is 4.79 Å². The maximum Gasteiger partial charge on any atom is 0.319 e. The third kappa shape index (κ3) is 2.53. The molecule has 0 atom stereocenters. The van der Waals surface area contributed by atoms with Gasteiger partial charge >= 0.3 is 6.03 Å². The Bertz CT molecular complexity index is 480. The maximum absolute atomic E-state index is 11.8. The van der Waals surface area contributed by atoms with E-state index in [-0.39, 0.29) is 16.9 Å². The molecular formula is C15H23N3O. The van der Waals surface area contributed by atoms with Gasteiger partial charge in [0.2, 0.25) is 0 Å². The molecule has 4 nitrogen and oxygen atoms in total. The van der Waals surface area contributed by atoms with Gasteiger partial charge < -0.3 is 16.4 Å². The Morgan fingerprint density at radius 3 is 2.42 bits per heavy atom. The maximum atomic E-state index is 11.8. The number of anilines is 2. The summed E-state index contributed by atoms with van der Waals surface area (Å²) in [5.74, 6) is 0.520. The smallest absolute Gasteiger partial charge is 0.319 e. The molecule has 4 heteroatoms. The number of nitrogen functional groups attached to an aromatic ring is 1. The molecule has 1 aromatic rings. The van der Waals surface area contributed by atoms with Crippen molar-refractivity contribution in [2.75, 3.05) is 17.6 Å². The molecule has 104 valence electrons. The predicted octanol–water partition coefficient (Wildman–Crippen LogP) is 3.07. The Morgan fingerprint density at radius 1 is 1.26 bits per heavy atom. The summed E-state index contributed by atoms with van der Waals surface area (Å²) < 4.78 is 0. The van der Waals surface area contributed by atoms with Crippen LogP contribution in [0.3, 0.4) is 0 Å². The number of hydrogen-bond acceptors (Lipinski definition) is 2. The minimum absolute atomic E-state index is 0.177. The number of nitrogens with two attached hydrogens (primary N) is 1. The molecule has 19 heavy (non-hydrogen) atoms. The molecule has 0 aliphatic heterocycles. The first-order valence-corrected chi connectivity index (χ1v) is 6.65. The molecule has 0 unspecified atom stereocenters. The fourth-order valence-corrected chi connectivity index (χ4v) is 2.83. The normalized spacial score (nSPS) is 19.8. The number of amides is 2. The summed E-state index contributed by atoms with van der Waals surface area (Å²) in [5, 5.41) is 5.72. The van der Waals surface area contributed by atoms with Gasteiger partial charge in [-0.2, -0.15) is 0 Å². The van der Waals surface area contributed by atoms with Gasteiger partial charge in [-0.25, -0.2) is 4.79 Å². The summed E-state index contributed by atoms with van der Waals surface area (Å²) in [6, 6.07) is 6.99. The molecule has 4 N–H and O–H groups in total. The SMILES string of the molecule is CC1(C)C(CNC(=O)Nc2cccc(N)c2)C1(C)C. The van der Waals surface area contributed by atoms with Gasteiger partial charge in [0.1, 0.15) is 0 Å². The Hall–Kier alpha value is -1.71. The average Bonchev–Trinajstić information content (AvgIpc) is 2.66. The molecule has 1 aromatic carbocycles. The van der Waals surface area contributed by atoms with Crippen LogP contribution in [0, 0.1) is 16.7 Å². The molecule has 0 heterocycles. The molecule has 0 spiro atoms. The summed E-state index contributed by atoms with van der Waals surface area (Å²) in [6.07, 6.45) is 0. The second-order valence-electron chi connectivity index (χ2n) is 6.46. The van der Waals surface area contributed by atoms with Gasteiger partial charge in [-0.05, 0) is 34.9 Å². The van der Waals surface area contributed by atoms with Crippen molar-refractivity contribution in [1.29, 1.82) is 0 Å². The van der Waals surface area contributed by atoms with Crippen LogP contribution in [0.15, 0.2) is 24.3 Å².